The minimum absolute atomic E-state index is 0.136. The van der Waals surface area contributed by atoms with Crippen LogP contribution < -0.4 is 16.8 Å². The minimum atomic E-state index is -0.246. The number of imidazole rings is 1. The summed E-state index contributed by atoms with van der Waals surface area (Å²) < 4.78 is 5.20. The Morgan fingerprint density at radius 1 is 1.05 bits per heavy atom. The van der Waals surface area contributed by atoms with E-state index in [0.29, 0.717) is 45.6 Å². The molecule has 1 aliphatic carbocycles. The second-order valence-electron chi connectivity index (χ2n) is 9.69. The van der Waals surface area contributed by atoms with Gasteiger partial charge in [0.05, 0.1) is 23.5 Å². The summed E-state index contributed by atoms with van der Waals surface area (Å²) in [5, 5.41) is 11.5. The van der Waals surface area contributed by atoms with Crippen LogP contribution in [0, 0.1) is 0 Å². The van der Waals surface area contributed by atoms with Gasteiger partial charge in [0, 0.05) is 31.3 Å². The van der Waals surface area contributed by atoms with Crippen molar-refractivity contribution in [1.29, 1.82) is 0 Å². The largest absolute Gasteiger partial charge is 0.396 e. The summed E-state index contributed by atoms with van der Waals surface area (Å²) in [6.07, 6.45) is 8.27. The highest BCUT2D eigenvalue weighted by Crippen LogP contribution is 2.36. The Morgan fingerprint density at radius 3 is 2.73 bits per heavy atom. The van der Waals surface area contributed by atoms with Crippen LogP contribution >= 0.6 is 0 Å². The molecule has 0 fully saturated rings. The van der Waals surface area contributed by atoms with Gasteiger partial charge in [-0.25, -0.2) is 19.6 Å². The molecule has 5 heterocycles. The molecule has 12 heteroatoms. The summed E-state index contributed by atoms with van der Waals surface area (Å²) in [5.74, 6) is 1.44. The standard InChI is InChI=1S/C28H25N11O/c1-37-24(20(29)15-33-37)28(40)35-21-8-5-16-14-17(6-7-18(16)21)39-26(19-4-2-11-31-25(19)30)34-22-9-10-23(36-27(22)39)38-13-3-12-32-38/h2-4,6-7,9-15,21H,5,8,29H2,1H3,(H2,30,31)(H,35,40)/t21-/m0/s1. The van der Waals surface area contributed by atoms with Crippen molar-refractivity contribution in [3.8, 4) is 22.9 Å². The van der Waals surface area contributed by atoms with E-state index in [1.54, 1.807) is 24.1 Å². The van der Waals surface area contributed by atoms with Crippen molar-refractivity contribution in [2.45, 2.75) is 18.9 Å². The monoisotopic (exact) mass is 531 g/mol. The number of nitrogen functional groups attached to an aromatic ring is 2. The second kappa shape index (κ2) is 9.05. The van der Waals surface area contributed by atoms with E-state index in [4.69, 9.17) is 21.4 Å². The van der Waals surface area contributed by atoms with E-state index in [-0.39, 0.29) is 11.9 Å². The molecule has 198 valence electrons. The van der Waals surface area contributed by atoms with E-state index >= 15 is 0 Å². The average Bonchev–Trinajstić information content (AvgIpc) is 3.75. The van der Waals surface area contributed by atoms with Gasteiger partial charge in [-0.15, -0.1) is 0 Å². The topological polar surface area (TPSA) is 160 Å². The SMILES string of the molecule is Cn1ncc(N)c1C(=O)N[C@H]1CCc2cc(-n3c(-c4cccnc4N)nc4ccc(-n5cccn5)nc43)ccc21. The van der Waals surface area contributed by atoms with Crippen LogP contribution in [0.25, 0.3) is 34.1 Å². The molecule has 7 rings (SSSR count). The Balaban J connectivity index is 1.32. The molecule has 0 unspecified atom stereocenters. The number of carbonyl (C=O) groups is 1. The summed E-state index contributed by atoms with van der Waals surface area (Å²) in [5.41, 5.74) is 18.1. The Hall–Kier alpha value is -5.52. The number of nitrogens with two attached hydrogens (primary N) is 2. The molecule has 5 aromatic heterocycles. The third-order valence-electron chi connectivity index (χ3n) is 7.26. The number of nitrogens with one attached hydrogen (secondary N) is 1. The van der Waals surface area contributed by atoms with E-state index in [1.165, 1.54) is 10.9 Å². The lowest BCUT2D eigenvalue weighted by atomic mass is 10.1. The fourth-order valence-corrected chi connectivity index (χ4v) is 5.36. The lowest BCUT2D eigenvalue weighted by Gasteiger charge is -2.16. The van der Waals surface area contributed by atoms with E-state index in [0.717, 1.165) is 29.7 Å². The maximum absolute atomic E-state index is 13.0. The molecule has 5 N–H and O–H groups in total. The first-order chi connectivity index (χ1) is 19.5. The first-order valence-corrected chi connectivity index (χ1v) is 12.8. The molecule has 1 amide bonds. The van der Waals surface area contributed by atoms with Gasteiger partial charge >= 0.3 is 0 Å². The number of anilines is 2. The third kappa shape index (κ3) is 3.76. The maximum Gasteiger partial charge on any atom is 0.272 e. The first-order valence-electron chi connectivity index (χ1n) is 12.8. The van der Waals surface area contributed by atoms with Crippen molar-refractivity contribution in [2.24, 2.45) is 7.05 Å². The molecular formula is C28H25N11O. The van der Waals surface area contributed by atoms with Gasteiger partial charge in [0.1, 0.15) is 17.0 Å². The van der Waals surface area contributed by atoms with Crippen LogP contribution in [0.3, 0.4) is 0 Å². The van der Waals surface area contributed by atoms with Gasteiger partial charge < -0.3 is 16.8 Å². The molecule has 1 atom stereocenters. The number of hydrogen-bond donors (Lipinski definition) is 3. The molecule has 0 bridgehead atoms. The van der Waals surface area contributed by atoms with Crippen LogP contribution in [-0.2, 0) is 13.5 Å². The summed E-state index contributed by atoms with van der Waals surface area (Å²) in [7, 11) is 1.70. The van der Waals surface area contributed by atoms with Crippen molar-refractivity contribution in [3.63, 3.8) is 0 Å². The molecule has 0 saturated heterocycles. The van der Waals surface area contributed by atoms with Crippen LogP contribution in [0.1, 0.15) is 34.1 Å². The van der Waals surface area contributed by atoms with Crippen LogP contribution in [0.4, 0.5) is 11.5 Å². The molecule has 40 heavy (non-hydrogen) atoms. The summed E-state index contributed by atoms with van der Waals surface area (Å²) in [6.45, 7) is 0. The molecule has 0 saturated carbocycles. The van der Waals surface area contributed by atoms with E-state index in [1.807, 2.05) is 47.2 Å². The molecule has 1 aliphatic rings. The van der Waals surface area contributed by atoms with Gasteiger partial charge in [-0.05, 0) is 66.4 Å². The lowest BCUT2D eigenvalue weighted by Crippen LogP contribution is -2.29. The van der Waals surface area contributed by atoms with Gasteiger partial charge in [0.15, 0.2) is 17.3 Å². The van der Waals surface area contributed by atoms with Crippen molar-refractivity contribution in [1.82, 2.24) is 44.4 Å². The van der Waals surface area contributed by atoms with Crippen molar-refractivity contribution in [3.05, 3.63) is 90.1 Å². The summed E-state index contributed by atoms with van der Waals surface area (Å²) >= 11 is 0. The molecule has 6 aromatic rings. The highest BCUT2D eigenvalue weighted by atomic mass is 16.2. The number of aromatic nitrogens is 8. The van der Waals surface area contributed by atoms with Crippen LogP contribution in [-0.4, -0.2) is 45.0 Å². The highest BCUT2D eigenvalue weighted by Gasteiger charge is 2.27. The number of pyridine rings is 2. The number of aryl methyl sites for hydroxylation is 2. The highest BCUT2D eigenvalue weighted by molar-refractivity contribution is 5.97. The number of rotatable bonds is 5. The van der Waals surface area contributed by atoms with Gasteiger partial charge in [0.2, 0.25) is 0 Å². The van der Waals surface area contributed by atoms with Crippen LogP contribution in [0.2, 0.25) is 0 Å². The zero-order valence-electron chi connectivity index (χ0n) is 21.6. The third-order valence-corrected chi connectivity index (χ3v) is 7.26. The first kappa shape index (κ1) is 23.6. The Morgan fingerprint density at radius 2 is 1.95 bits per heavy atom. The predicted octanol–water partition coefficient (Wildman–Crippen LogP) is 2.98. The molecule has 0 aliphatic heterocycles. The number of benzene rings is 1. The quantitative estimate of drug-likeness (QED) is 0.306. The molecular weight excluding hydrogens is 506 g/mol. The molecule has 12 nitrogen and oxygen atoms in total. The zero-order valence-corrected chi connectivity index (χ0v) is 21.6. The van der Waals surface area contributed by atoms with Gasteiger partial charge in [-0.2, -0.15) is 10.2 Å². The number of hydrogen-bond acceptors (Lipinski definition) is 8. The normalized spacial score (nSPS) is 14.5. The molecule has 0 spiro atoms. The van der Waals surface area contributed by atoms with Crippen LogP contribution in [0.15, 0.2) is 73.3 Å². The maximum atomic E-state index is 13.0. The molecule has 1 aromatic carbocycles. The van der Waals surface area contributed by atoms with Crippen molar-refractivity contribution in [2.75, 3.05) is 11.5 Å². The van der Waals surface area contributed by atoms with Crippen LogP contribution in [0.5, 0.6) is 0 Å². The number of amides is 1. The van der Waals surface area contributed by atoms with Gasteiger partial charge in [-0.1, -0.05) is 6.07 Å². The fourth-order valence-electron chi connectivity index (χ4n) is 5.36. The lowest BCUT2D eigenvalue weighted by molar-refractivity contribution is 0.0928. The number of carbonyl (C=O) groups excluding carboxylic acids is 1. The fraction of sp³-hybridized carbons (Fsp3) is 0.143. The van der Waals surface area contributed by atoms with Gasteiger partial charge in [-0.3, -0.25) is 14.0 Å². The number of fused-ring (bicyclic) bond motifs is 2. The van der Waals surface area contributed by atoms with E-state index in [2.05, 4.69) is 32.6 Å². The Bertz CT molecular complexity index is 1880. The summed E-state index contributed by atoms with van der Waals surface area (Å²) in [6, 6.07) is 15.4. The van der Waals surface area contributed by atoms with E-state index < -0.39 is 0 Å². The molecule has 0 radical (unpaired) electrons. The van der Waals surface area contributed by atoms with E-state index in [9.17, 15) is 4.79 Å². The zero-order chi connectivity index (χ0) is 27.4. The average molecular weight is 532 g/mol. The van der Waals surface area contributed by atoms with Crippen molar-refractivity contribution >= 4 is 28.6 Å². The minimum Gasteiger partial charge on any atom is -0.396 e. The smallest absolute Gasteiger partial charge is 0.272 e. The second-order valence-corrected chi connectivity index (χ2v) is 9.69. The van der Waals surface area contributed by atoms with Gasteiger partial charge in [0.25, 0.3) is 5.91 Å². The predicted molar refractivity (Wildman–Crippen MR) is 150 cm³/mol. The Labute approximate surface area is 228 Å². The summed E-state index contributed by atoms with van der Waals surface area (Å²) in [4.78, 5) is 27.1. The van der Waals surface area contributed by atoms with Crippen molar-refractivity contribution < 1.29 is 4.79 Å². The number of nitrogens with zero attached hydrogens (tertiary/aromatic N) is 8. The Kier molecular flexibility index (Phi) is 5.33.